The topological polar surface area (TPSA) is 58.5 Å². The number of nitrogen functional groups attached to an aromatic ring is 2. The zero-order valence-corrected chi connectivity index (χ0v) is 16.9. The summed E-state index contributed by atoms with van der Waals surface area (Å²) in [5.74, 6) is 0. The van der Waals surface area contributed by atoms with Crippen molar-refractivity contribution in [2.45, 2.75) is 0 Å². The first-order valence-electron chi connectivity index (χ1n) is 10.1. The van der Waals surface area contributed by atoms with Crippen molar-refractivity contribution < 1.29 is 0 Å². The molecule has 0 aromatic heterocycles. The molecule has 0 amide bonds. The van der Waals surface area contributed by atoms with Gasteiger partial charge >= 0.3 is 0 Å². The zero-order chi connectivity index (χ0) is 20.8. The number of benzene rings is 4. The number of hydrogen-bond donors (Lipinski definition) is 2. The molecule has 0 unspecified atom stereocenters. The standard InChI is InChI=1S/C26H26N4/c27-21-11-15-25(16-12-21)29(23-7-3-1-4-8-23)19-20-30(24-9-5-2-6-10-24)26-17-13-22(28)14-18-26/h1-18H,19-20,27-28H2. The molecule has 4 aromatic carbocycles. The van der Waals surface area contributed by atoms with E-state index in [-0.39, 0.29) is 0 Å². The van der Waals surface area contributed by atoms with Crippen molar-refractivity contribution in [3.8, 4) is 0 Å². The normalized spacial score (nSPS) is 10.5. The highest BCUT2D eigenvalue weighted by atomic mass is 15.2. The second kappa shape index (κ2) is 9.05. The lowest BCUT2D eigenvalue weighted by molar-refractivity contribution is 0.886. The Balaban J connectivity index is 1.65. The van der Waals surface area contributed by atoms with Crippen molar-refractivity contribution >= 4 is 34.1 Å². The summed E-state index contributed by atoms with van der Waals surface area (Å²) in [5.41, 5.74) is 17.9. The zero-order valence-electron chi connectivity index (χ0n) is 16.9. The van der Waals surface area contributed by atoms with Crippen LogP contribution in [0.2, 0.25) is 0 Å². The van der Waals surface area contributed by atoms with Gasteiger partial charge < -0.3 is 21.3 Å². The Hall–Kier alpha value is -3.92. The summed E-state index contributed by atoms with van der Waals surface area (Å²) in [6.07, 6.45) is 0. The summed E-state index contributed by atoms with van der Waals surface area (Å²) in [6.45, 7) is 1.60. The van der Waals surface area contributed by atoms with E-state index in [9.17, 15) is 0 Å². The average molecular weight is 395 g/mol. The van der Waals surface area contributed by atoms with Crippen molar-refractivity contribution in [2.75, 3.05) is 34.4 Å². The van der Waals surface area contributed by atoms with Gasteiger partial charge in [-0.2, -0.15) is 0 Å². The molecule has 0 aliphatic rings. The molecular formula is C26H26N4. The van der Waals surface area contributed by atoms with Gasteiger partial charge in [-0.15, -0.1) is 0 Å². The van der Waals surface area contributed by atoms with Crippen molar-refractivity contribution in [1.29, 1.82) is 0 Å². The van der Waals surface area contributed by atoms with Gasteiger partial charge in [0.05, 0.1) is 0 Å². The van der Waals surface area contributed by atoms with Crippen LogP contribution in [0.4, 0.5) is 34.1 Å². The Labute approximate surface area is 178 Å². The van der Waals surface area contributed by atoms with Crippen LogP contribution in [0.3, 0.4) is 0 Å². The molecule has 0 bridgehead atoms. The van der Waals surface area contributed by atoms with Crippen LogP contribution in [0.15, 0.2) is 109 Å². The molecule has 150 valence electrons. The maximum Gasteiger partial charge on any atom is 0.0412 e. The molecular weight excluding hydrogens is 368 g/mol. The highest BCUT2D eigenvalue weighted by Crippen LogP contribution is 2.29. The van der Waals surface area contributed by atoms with Crippen LogP contribution < -0.4 is 21.3 Å². The molecule has 0 fully saturated rings. The molecule has 0 heterocycles. The molecule has 30 heavy (non-hydrogen) atoms. The molecule has 0 aliphatic carbocycles. The molecule has 0 radical (unpaired) electrons. The van der Waals surface area contributed by atoms with Crippen LogP contribution in [0.25, 0.3) is 0 Å². The molecule has 0 atom stereocenters. The molecule has 0 aliphatic heterocycles. The SMILES string of the molecule is Nc1ccc(N(CCN(c2ccccc2)c2ccc(N)cc2)c2ccccc2)cc1. The number of rotatable bonds is 7. The van der Waals surface area contributed by atoms with Gasteiger partial charge in [-0.1, -0.05) is 36.4 Å². The van der Waals surface area contributed by atoms with Crippen LogP contribution in [-0.4, -0.2) is 13.1 Å². The van der Waals surface area contributed by atoms with Crippen LogP contribution in [0.5, 0.6) is 0 Å². The van der Waals surface area contributed by atoms with Crippen molar-refractivity contribution in [3.05, 3.63) is 109 Å². The third-order valence-corrected chi connectivity index (χ3v) is 5.09. The van der Waals surface area contributed by atoms with Crippen LogP contribution in [-0.2, 0) is 0 Å². The van der Waals surface area contributed by atoms with Gasteiger partial charge in [0.2, 0.25) is 0 Å². The van der Waals surface area contributed by atoms with Gasteiger partial charge in [-0.25, -0.2) is 0 Å². The Morgan fingerprint density at radius 2 is 0.700 bits per heavy atom. The van der Waals surface area contributed by atoms with Gasteiger partial charge in [-0.3, -0.25) is 0 Å². The maximum absolute atomic E-state index is 5.91. The fourth-order valence-electron chi connectivity index (χ4n) is 3.54. The monoisotopic (exact) mass is 394 g/mol. The highest BCUT2D eigenvalue weighted by molar-refractivity contribution is 5.68. The molecule has 0 saturated heterocycles. The number of nitrogens with two attached hydrogens (primary N) is 2. The number of nitrogens with zero attached hydrogens (tertiary/aromatic N) is 2. The second-order valence-electron chi connectivity index (χ2n) is 7.16. The van der Waals surface area contributed by atoms with Gasteiger partial charge in [0, 0.05) is 47.2 Å². The quantitative estimate of drug-likeness (QED) is 0.387. The minimum atomic E-state index is 0.763. The lowest BCUT2D eigenvalue weighted by atomic mass is 10.2. The predicted octanol–water partition coefficient (Wildman–Crippen LogP) is 5.83. The summed E-state index contributed by atoms with van der Waals surface area (Å²) in [6, 6.07) is 36.9. The van der Waals surface area contributed by atoms with E-state index in [4.69, 9.17) is 11.5 Å². The van der Waals surface area contributed by atoms with Crippen molar-refractivity contribution in [3.63, 3.8) is 0 Å². The second-order valence-corrected chi connectivity index (χ2v) is 7.16. The first-order valence-corrected chi connectivity index (χ1v) is 10.1. The molecule has 4 N–H and O–H groups in total. The van der Waals surface area contributed by atoms with E-state index in [1.54, 1.807) is 0 Å². The van der Waals surface area contributed by atoms with E-state index >= 15 is 0 Å². The molecule has 4 nitrogen and oxygen atoms in total. The van der Waals surface area contributed by atoms with Crippen LogP contribution >= 0.6 is 0 Å². The predicted molar refractivity (Wildman–Crippen MR) is 129 cm³/mol. The number of anilines is 6. The van der Waals surface area contributed by atoms with E-state index in [0.717, 1.165) is 47.2 Å². The number of para-hydroxylation sites is 2. The summed E-state index contributed by atoms with van der Waals surface area (Å²) in [7, 11) is 0. The van der Waals surface area contributed by atoms with E-state index in [2.05, 4.69) is 82.6 Å². The van der Waals surface area contributed by atoms with Crippen molar-refractivity contribution in [2.24, 2.45) is 0 Å². The van der Waals surface area contributed by atoms with Gasteiger partial charge in [-0.05, 0) is 72.8 Å². The Morgan fingerprint density at radius 3 is 1.03 bits per heavy atom. The highest BCUT2D eigenvalue weighted by Gasteiger charge is 2.14. The van der Waals surface area contributed by atoms with Gasteiger partial charge in [0.1, 0.15) is 0 Å². The smallest absolute Gasteiger partial charge is 0.0412 e. The fraction of sp³-hybridized carbons (Fsp3) is 0.0769. The summed E-state index contributed by atoms with van der Waals surface area (Å²) < 4.78 is 0. The summed E-state index contributed by atoms with van der Waals surface area (Å²) in [4.78, 5) is 4.62. The first kappa shape index (κ1) is 19.4. The Morgan fingerprint density at radius 1 is 0.400 bits per heavy atom. The minimum Gasteiger partial charge on any atom is -0.399 e. The van der Waals surface area contributed by atoms with E-state index < -0.39 is 0 Å². The van der Waals surface area contributed by atoms with Crippen LogP contribution in [0, 0.1) is 0 Å². The van der Waals surface area contributed by atoms with E-state index in [1.807, 2.05) is 36.4 Å². The Bertz CT molecular complexity index is 957. The van der Waals surface area contributed by atoms with E-state index in [0.29, 0.717) is 0 Å². The average Bonchev–Trinajstić information content (AvgIpc) is 2.80. The lowest BCUT2D eigenvalue weighted by Gasteiger charge is -2.31. The Kier molecular flexibility index (Phi) is 5.85. The molecule has 4 rings (SSSR count). The molecule has 4 aromatic rings. The summed E-state index contributed by atoms with van der Waals surface area (Å²) in [5, 5.41) is 0. The van der Waals surface area contributed by atoms with Gasteiger partial charge in [0.15, 0.2) is 0 Å². The fourth-order valence-corrected chi connectivity index (χ4v) is 3.54. The summed E-state index contributed by atoms with van der Waals surface area (Å²) >= 11 is 0. The molecule has 4 heteroatoms. The largest absolute Gasteiger partial charge is 0.399 e. The third-order valence-electron chi connectivity index (χ3n) is 5.09. The minimum absolute atomic E-state index is 0.763. The third kappa shape index (κ3) is 4.55. The van der Waals surface area contributed by atoms with E-state index in [1.165, 1.54) is 0 Å². The molecule has 0 spiro atoms. The molecule has 0 saturated carbocycles. The lowest BCUT2D eigenvalue weighted by Crippen LogP contribution is -2.30. The van der Waals surface area contributed by atoms with Gasteiger partial charge in [0.25, 0.3) is 0 Å². The number of hydrogen-bond acceptors (Lipinski definition) is 4. The first-order chi connectivity index (χ1) is 14.7. The maximum atomic E-state index is 5.91. The van der Waals surface area contributed by atoms with Crippen LogP contribution in [0.1, 0.15) is 0 Å². The van der Waals surface area contributed by atoms with Crippen molar-refractivity contribution in [1.82, 2.24) is 0 Å².